The molecule has 0 bridgehead atoms. The maximum atomic E-state index is 12.7. The fourth-order valence-corrected chi connectivity index (χ4v) is 3.68. The predicted molar refractivity (Wildman–Crippen MR) is 116 cm³/mol. The zero-order valence-corrected chi connectivity index (χ0v) is 18.0. The van der Waals surface area contributed by atoms with E-state index in [4.69, 9.17) is 10.2 Å². The molecule has 3 N–H and O–H groups in total. The highest BCUT2D eigenvalue weighted by atomic mass is 32.2. The van der Waals surface area contributed by atoms with Crippen LogP contribution < -0.4 is 11.1 Å². The van der Waals surface area contributed by atoms with E-state index in [0.29, 0.717) is 41.0 Å². The smallest absolute Gasteiger partial charge is 0.237 e. The lowest BCUT2D eigenvalue weighted by Crippen LogP contribution is -2.23. The monoisotopic (exact) mass is 441 g/mol. The molecule has 3 aromatic rings. The van der Waals surface area contributed by atoms with Gasteiger partial charge in [0.1, 0.15) is 11.6 Å². The van der Waals surface area contributed by atoms with Crippen molar-refractivity contribution < 1.29 is 18.8 Å². The lowest BCUT2D eigenvalue weighted by atomic mass is 10.1. The van der Waals surface area contributed by atoms with Gasteiger partial charge in [-0.05, 0) is 38.1 Å². The van der Waals surface area contributed by atoms with Crippen LogP contribution in [0.1, 0.15) is 42.2 Å². The number of hydrogen-bond acceptors (Lipinski definition) is 7. The second kappa shape index (κ2) is 10.1. The number of Topliss-reactive ketones (excluding diaryl/α,β-unsaturated/α-hetero) is 1. The van der Waals surface area contributed by atoms with E-state index in [1.165, 1.54) is 18.7 Å². The van der Waals surface area contributed by atoms with Crippen LogP contribution in [0.4, 0.5) is 5.69 Å². The minimum absolute atomic E-state index is 0.0759. The molecule has 1 atom stereocenters. The molecule has 1 unspecified atom stereocenters. The zero-order valence-electron chi connectivity index (χ0n) is 17.2. The number of nitrogens with one attached hydrogen (secondary N) is 1. The van der Waals surface area contributed by atoms with E-state index in [9.17, 15) is 14.4 Å². The van der Waals surface area contributed by atoms with Crippen LogP contribution in [-0.2, 0) is 22.6 Å². The quantitative estimate of drug-likeness (QED) is 0.365. The van der Waals surface area contributed by atoms with E-state index in [-0.39, 0.29) is 18.1 Å². The topological polar surface area (TPSA) is 133 Å². The molecular formula is C21H23N5O4S. The summed E-state index contributed by atoms with van der Waals surface area (Å²) in [6.07, 6.45) is 2.05. The van der Waals surface area contributed by atoms with Crippen LogP contribution in [0, 0.1) is 0 Å². The van der Waals surface area contributed by atoms with Crippen molar-refractivity contribution in [3.8, 4) is 0 Å². The van der Waals surface area contributed by atoms with E-state index < -0.39 is 11.2 Å². The van der Waals surface area contributed by atoms with Gasteiger partial charge in [-0.3, -0.25) is 19.0 Å². The number of nitrogens with two attached hydrogens (primary N) is 1. The number of aryl methyl sites for hydroxylation is 1. The number of amides is 2. The van der Waals surface area contributed by atoms with Crippen molar-refractivity contribution in [1.82, 2.24) is 14.8 Å². The van der Waals surface area contributed by atoms with Crippen molar-refractivity contribution in [1.29, 1.82) is 0 Å². The summed E-state index contributed by atoms with van der Waals surface area (Å²) in [7, 11) is 0. The van der Waals surface area contributed by atoms with Gasteiger partial charge in [-0.15, -0.1) is 10.2 Å². The first-order chi connectivity index (χ1) is 14.8. The van der Waals surface area contributed by atoms with E-state index in [0.717, 1.165) is 0 Å². The summed E-state index contributed by atoms with van der Waals surface area (Å²) in [4.78, 5) is 35.4. The van der Waals surface area contributed by atoms with Crippen molar-refractivity contribution in [2.24, 2.45) is 5.73 Å². The van der Waals surface area contributed by atoms with E-state index >= 15 is 0 Å². The van der Waals surface area contributed by atoms with Crippen molar-refractivity contribution in [3.05, 3.63) is 59.8 Å². The number of nitrogens with zero attached hydrogens (tertiary/aromatic N) is 3. The Morgan fingerprint density at radius 1 is 1.23 bits per heavy atom. The van der Waals surface area contributed by atoms with Crippen LogP contribution in [0.5, 0.6) is 0 Å². The van der Waals surface area contributed by atoms with Gasteiger partial charge in [0, 0.05) is 24.1 Å². The number of hydrogen-bond donors (Lipinski definition) is 2. The second-order valence-corrected chi connectivity index (χ2v) is 8.22. The summed E-state index contributed by atoms with van der Waals surface area (Å²) in [6.45, 7) is 3.59. The molecule has 162 valence electrons. The highest BCUT2D eigenvalue weighted by molar-refractivity contribution is 8.00. The first kappa shape index (κ1) is 22.3. The summed E-state index contributed by atoms with van der Waals surface area (Å²) in [5.74, 6) is 0.534. The van der Waals surface area contributed by atoms with Gasteiger partial charge in [-0.2, -0.15) is 0 Å². The van der Waals surface area contributed by atoms with Gasteiger partial charge < -0.3 is 15.5 Å². The van der Waals surface area contributed by atoms with Gasteiger partial charge in [-0.1, -0.05) is 23.9 Å². The van der Waals surface area contributed by atoms with E-state index in [1.54, 1.807) is 43.5 Å². The summed E-state index contributed by atoms with van der Waals surface area (Å²) in [5.41, 5.74) is 6.33. The maximum Gasteiger partial charge on any atom is 0.237 e. The lowest BCUT2D eigenvalue weighted by molar-refractivity contribution is -0.118. The Labute approximate surface area is 183 Å². The van der Waals surface area contributed by atoms with E-state index in [2.05, 4.69) is 15.5 Å². The molecule has 0 saturated heterocycles. The Balaban J connectivity index is 1.74. The van der Waals surface area contributed by atoms with Gasteiger partial charge in [0.15, 0.2) is 10.9 Å². The third-order valence-electron chi connectivity index (χ3n) is 4.47. The molecule has 10 heteroatoms. The Morgan fingerprint density at radius 2 is 2.03 bits per heavy atom. The third kappa shape index (κ3) is 6.05. The molecule has 31 heavy (non-hydrogen) atoms. The first-order valence-corrected chi connectivity index (χ1v) is 10.5. The molecule has 0 saturated carbocycles. The highest BCUT2D eigenvalue weighted by Gasteiger charge is 2.21. The second-order valence-electron chi connectivity index (χ2n) is 6.92. The molecule has 0 radical (unpaired) electrons. The average molecular weight is 442 g/mol. The first-order valence-electron chi connectivity index (χ1n) is 9.64. The number of carbonyl (C=O) groups is 3. The van der Waals surface area contributed by atoms with Crippen LogP contribution >= 0.6 is 11.8 Å². The third-order valence-corrected chi connectivity index (χ3v) is 5.55. The number of anilines is 1. The van der Waals surface area contributed by atoms with Crippen LogP contribution in [0.3, 0.4) is 0 Å². The van der Waals surface area contributed by atoms with Gasteiger partial charge in [0.25, 0.3) is 0 Å². The molecule has 2 heterocycles. The molecule has 0 aliphatic rings. The summed E-state index contributed by atoms with van der Waals surface area (Å²) in [6, 6.07) is 10.4. The number of primary amides is 1. The number of carbonyl (C=O) groups excluding carboxylic acids is 3. The van der Waals surface area contributed by atoms with E-state index in [1.807, 2.05) is 10.6 Å². The molecular weight excluding hydrogens is 418 g/mol. The fraction of sp³-hybridized carbons (Fsp3) is 0.286. The van der Waals surface area contributed by atoms with Crippen molar-refractivity contribution in [3.63, 3.8) is 0 Å². The number of thioether (sulfide) groups is 1. The Bertz CT molecular complexity index is 1080. The average Bonchev–Trinajstić information content (AvgIpc) is 3.37. The SMILES string of the molecule is CC(=O)c1cccc(NC(=O)C(C)Sc2nnc(CCC(N)=O)n2Cc2ccco2)c1. The number of benzene rings is 1. The molecule has 9 nitrogen and oxygen atoms in total. The standard InChI is InChI=1S/C21H23N5O4S/c1-13(27)15-5-3-6-16(11-15)23-20(29)14(2)31-21-25-24-19(9-8-18(22)28)26(21)12-17-7-4-10-30-17/h3-7,10-11,14H,8-9,12H2,1-2H3,(H2,22,28)(H,23,29). The molecule has 0 aliphatic carbocycles. The van der Waals surface area contributed by atoms with Gasteiger partial charge >= 0.3 is 0 Å². The minimum atomic E-state index is -0.496. The molecule has 3 rings (SSSR count). The number of furan rings is 1. The zero-order chi connectivity index (χ0) is 22.4. The molecule has 0 fully saturated rings. The molecule has 2 amide bonds. The largest absolute Gasteiger partial charge is 0.467 e. The van der Waals surface area contributed by atoms with Crippen LogP contribution in [0.2, 0.25) is 0 Å². The summed E-state index contributed by atoms with van der Waals surface area (Å²) in [5, 5.41) is 11.2. The van der Waals surface area contributed by atoms with Crippen molar-refractivity contribution in [2.45, 2.75) is 43.6 Å². The Hall–Kier alpha value is -3.40. The number of ketones is 1. The van der Waals surface area contributed by atoms with Gasteiger partial charge in [-0.25, -0.2) is 0 Å². The maximum absolute atomic E-state index is 12.7. The molecule has 2 aromatic heterocycles. The van der Waals surface area contributed by atoms with Crippen LogP contribution in [-0.4, -0.2) is 37.6 Å². The predicted octanol–water partition coefficient (Wildman–Crippen LogP) is 2.66. The fourth-order valence-electron chi connectivity index (χ4n) is 2.81. The number of rotatable bonds is 10. The van der Waals surface area contributed by atoms with Gasteiger partial charge in [0.2, 0.25) is 11.8 Å². The van der Waals surface area contributed by atoms with Crippen molar-refractivity contribution in [2.75, 3.05) is 5.32 Å². The van der Waals surface area contributed by atoms with Crippen molar-refractivity contribution >= 4 is 35.0 Å². The minimum Gasteiger partial charge on any atom is -0.467 e. The van der Waals surface area contributed by atoms with Gasteiger partial charge in [0.05, 0.1) is 18.1 Å². The molecule has 1 aromatic carbocycles. The lowest BCUT2D eigenvalue weighted by Gasteiger charge is -2.13. The molecule has 0 aliphatic heterocycles. The molecule has 0 spiro atoms. The van der Waals surface area contributed by atoms with Crippen LogP contribution in [0.15, 0.2) is 52.2 Å². The summed E-state index contributed by atoms with van der Waals surface area (Å²) >= 11 is 1.24. The summed E-state index contributed by atoms with van der Waals surface area (Å²) < 4.78 is 7.23. The normalized spacial score (nSPS) is 11.8. The number of aromatic nitrogens is 3. The highest BCUT2D eigenvalue weighted by Crippen LogP contribution is 2.25. The Morgan fingerprint density at radius 3 is 2.71 bits per heavy atom. The Kier molecular flexibility index (Phi) is 7.24. The van der Waals surface area contributed by atoms with Crippen LogP contribution in [0.25, 0.3) is 0 Å².